The normalized spacial score (nSPS) is 9.17. The Bertz CT molecular complexity index is 194. The van der Waals surface area contributed by atoms with Crippen molar-refractivity contribution in [2.24, 2.45) is 0 Å². The van der Waals surface area contributed by atoms with Crippen molar-refractivity contribution in [1.29, 1.82) is 0 Å². The van der Waals surface area contributed by atoms with Gasteiger partial charge in [-0.2, -0.15) is 0 Å². The zero-order valence-electron chi connectivity index (χ0n) is 7.55. The van der Waals surface area contributed by atoms with Gasteiger partial charge in [-0.05, 0) is 13.3 Å². The highest BCUT2D eigenvalue weighted by atomic mass is 16.5. The molecule has 0 unspecified atom stereocenters. The first-order valence-corrected chi connectivity index (χ1v) is 3.92. The highest BCUT2D eigenvalue weighted by Crippen LogP contribution is 1.94. The van der Waals surface area contributed by atoms with Gasteiger partial charge in [-0.1, -0.05) is 13.5 Å². The van der Waals surface area contributed by atoms with Crippen LogP contribution >= 0.6 is 0 Å². The van der Waals surface area contributed by atoms with E-state index >= 15 is 0 Å². The molecular weight excluding hydrogens is 156 g/mol. The van der Waals surface area contributed by atoms with E-state index in [9.17, 15) is 9.59 Å². The zero-order valence-corrected chi connectivity index (χ0v) is 7.55. The molecule has 0 aromatic heterocycles. The molecule has 12 heavy (non-hydrogen) atoms. The lowest BCUT2D eigenvalue weighted by Gasteiger charge is -2.01. The number of carbonyl (C=O) groups excluding carboxylic acids is 2. The lowest BCUT2D eigenvalue weighted by atomic mass is 10.2. The van der Waals surface area contributed by atoms with E-state index in [0.717, 1.165) is 6.42 Å². The summed E-state index contributed by atoms with van der Waals surface area (Å²) in [6.45, 7) is 6.72. The van der Waals surface area contributed by atoms with Gasteiger partial charge >= 0.3 is 5.97 Å². The number of rotatable bonds is 5. The maximum Gasteiger partial charge on any atom is 0.333 e. The summed E-state index contributed by atoms with van der Waals surface area (Å²) in [4.78, 5) is 21.6. The molecule has 0 saturated carbocycles. The molecule has 68 valence electrons. The molecule has 0 aliphatic carbocycles. The molecule has 0 heterocycles. The quantitative estimate of drug-likeness (QED) is 0.463. The number of ether oxygens (including phenoxy) is 1. The molecule has 0 fully saturated rings. The molecule has 0 atom stereocenters. The van der Waals surface area contributed by atoms with Crippen LogP contribution in [-0.2, 0) is 14.3 Å². The summed E-state index contributed by atoms with van der Waals surface area (Å²) in [5, 5.41) is 0. The Balaban J connectivity index is 3.61. The van der Waals surface area contributed by atoms with E-state index in [1.165, 1.54) is 0 Å². The highest BCUT2D eigenvalue weighted by Gasteiger charge is 2.06. The molecule has 3 heteroatoms. The van der Waals surface area contributed by atoms with E-state index in [0.29, 0.717) is 12.0 Å². The van der Waals surface area contributed by atoms with Gasteiger partial charge in [0.15, 0.2) is 5.78 Å². The van der Waals surface area contributed by atoms with Gasteiger partial charge in [0.1, 0.15) is 6.61 Å². The molecule has 0 N–H and O–H groups in total. The number of carbonyl (C=O) groups is 2. The third kappa shape index (κ3) is 4.66. The van der Waals surface area contributed by atoms with Crippen molar-refractivity contribution in [3.8, 4) is 0 Å². The summed E-state index contributed by atoms with van der Waals surface area (Å²) in [6, 6.07) is 0. The minimum Gasteiger partial charge on any atom is -0.454 e. The van der Waals surface area contributed by atoms with Crippen LogP contribution < -0.4 is 0 Å². The Morgan fingerprint density at radius 1 is 1.42 bits per heavy atom. The van der Waals surface area contributed by atoms with Crippen molar-refractivity contribution in [3.63, 3.8) is 0 Å². The van der Waals surface area contributed by atoms with E-state index in [1.807, 2.05) is 6.92 Å². The molecule has 0 aromatic rings. The second-order valence-electron chi connectivity index (χ2n) is 2.65. The van der Waals surface area contributed by atoms with Gasteiger partial charge in [0.2, 0.25) is 0 Å². The van der Waals surface area contributed by atoms with Crippen molar-refractivity contribution in [3.05, 3.63) is 12.2 Å². The van der Waals surface area contributed by atoms with Crippen molar-refractivity contribution >= 4 is 11.8 Å². The monoisotopic (exact) mass is 170 g/mol. The van der Waals surface area contributed by atoms with Crippen molar-refractivity contribution in [2.75, 3.05) is 6.61 Å². The summed E-state index contributed by atoms with van der Waals surface area (Å²) in [5.74, 6) is -0.549. The van der Waals surface area contributed by atoms with E-state index < -0.39 is 5.97 Å². The number of hydrogen-bond donors (Lipinski definition) is 0. The standard InChI is InChI=1S/C9H14O3/c1-4-5-8(10)6-12-9(11)7(2)3/h2,4-6H2,1,3H3. The third-order valence-electron chi connectivity index (χ3n) is 1.24. The molecule has 0 amide bonds. The van der Waals surface area contributed by atoms with Crippen LogP contribution in [0.4, 0.5) is 0 Å². The van der Waals surface area contributed by atoms with Gasteiger partial charge < -0.3 is 4.74 Å². The van der Waals surface area contributed by atoms with E-state index in [-0.39, 0.29) is 12.4 Å². The van der Waals surface area contributed by atoms with Crippen LogP contribution in [0.25, 0.3) is 0 Å². The summed E-state index contributed by atoms with van der Waals surface area (Å²) in [5.41, 5.74) is 0.319. The number of ketones is 1. The summed E-state index contributed by atoms with van der Waals surface area (Å²) < 4.78 is 4.63. The van der Waals surface area contributed by atoms with Crippen LogP contribution in [0.2, 0.25) is 0 Å². The van der Waals surface area contributed by atoms with Crippen molar-refractivity contribution < 1.29 is 14.3 Å². The summed E-state index contributed by atoms with van der Waals surface area (Å²) in [6.07, 6.45) is 1.24. The Morgan fingerprint density at radius 3 is 2.42 bits per heavy atom. The van der Waals surface area contributed by atoms with Gasteiger partial charge in [-0.25, -0.2) is 4.79 Å². The number of esters is 1. The maximum absolute atomic E-state index is 10.9. The molecule has 0 aliphatic heterocycles. The SMILES string of the molecule is C=C(C)C(=O)OCC(=O)CCC. The Kier molecular flexibility index (Phi) is 5.00. The minimum absolute atomic E-state index is 0.0490. The van der Waals surface area contributed by atoms with Gasteiger partial charge in [-0.3, -0.25) is 4.79 Å². The lowest BCUT2D eigenvalue weighted by molar-refractivity contribution is -0.144. The molecule has 0 bridgehead atoms. The fraction of sp³-hybridized carbons (Fsp3) is 0.556. The molecule has 3 nitrogen and oxygen atoms in total. The Labute approximate surface area is 72.4 Å². The third-order valence-corrected chi connectivity index (χ3v) is 1.24. The maximum atomic E-state index is 10.9. The molecule has 0 aliphatic rings. The average Bonchev–Trinajstić information content (AvgIpc) is 2.00. The van der Waals surface area contributed by atoms with Gasteiger partial charge in [0, 0.05) is 12.0 Å². The first kappa shape index (κ1) is 10.9. The topological polar surface area (TPSA) is 43.4 Å². The zero-order chi connectivity index (χ0) is 9.56. The van der Waals surface area contributed by atoms with Crippen molar-refractivity contribution in [1.82, 2.24) is 0 Å². The summed E-state index contributed by atoms with van der Waals surface area (Å²) >= 11 is 0. The smallest absolute Gasteiger partial charge is 0.333 e. The Hall–Kier alpha value is -1.12. The first-order chi connectivity index (χ1) is 5.57. The molecule has 0 rings (SSSR count). The molecule has 0 saturated heterocycles. The predicted molar refractivity (Wildman–Crippen MR) is 45.7 cm³/mol. The van der Waals surface area contributed by atoms with Crippen LogP contribution in [0.5, 0.6) is 0 Å². The van der Waals surface area contributed by atoms with Crippen molar-refractivity contribution in [2.45, 2.75) is 26.7 Å². The second-order valence-corrected chi connectivity index (χ2v) is 2.65. The van der Waals surface area contributed by atoms with Crippen LogP contribution in [0.15, 0.2) is 12.2 Å². The first-order valence-electron chi connectivity index (χ1n) is 3.92. The van der Waals surface area contributed by atoms with Gasteiger partial charge in [0.05, 0.1) is 0 Å². The molecule has 0 aromatic carbocycles. The van der Waals surface area contributed by atoms with Crippen LogP contribution in [-0.4, -0.2) is 18.4 Å². The molecule has 0 radical (unpaired) electrons. The fourth-order valence-corrected chi connectivity index (χ4v) is 0.620. The Morgan fingerprint density at radius 2 is 2.00 bits per heavy atom. The van der Waals surface area contributed by atoms with Gasteiger partial charge in [0.25, 0.3) is 0 Å². The van der Waals surface area contributed by atoms with E-state index in [2.05, 4.69) is 11.3 Å². The second kappa shape index (κ2) is 5.52. The van der Waals surface area contributed by atoms with Gasteiger partial charge in [-0.15, -0.1) is 0 Å². The molecular formula is C9H14O3. The number of Topliss-reactive ketones (excluding diaryl/α,β-unsaturated/α-hetero) is 1. The fourth-order valence-electron chi connectivity index (χ4n) is 0.620. The minimum atomic E-state index is -0.501. The lowest BCUT2D eigenvalue weighted by Crippen LogP contribution is -2.13. The highest BCUT2D eigenvalue weighted by molar-refractivity contribution is 5.89. The van der Waals surface area contributed by atoms with E-state index in [4.69, 9.17) is 0 Å². The van der Waals surface area contributed by atoms with Crippen LogP contribution in [0.3, 0.4) is 0 Å². The number of hydrogen-bond acceptors (Lipinski definition) is 3. The predicted octanol–water partition coefficient (Wildman–Crippen LogP) is 1.47. The van der Waals surface area contributed by atoms with Crippen LogP contribution in [0.1, 0.15) is 26.7 Å². The van der Waals surface area contributed by atoms with Crippen LogP contribution in [0, 0.1) is 0 Å². The molecule has 0 spiro atoms. The average molecular weight is 170 g/mol. The summed E-state index contributed by atoms with van der Waals surface area (Å²) in [7, 11) is 0. The van der Waals surface area contributed by atoms with E-state index in [1.54, 1.807) is 6.92 Å². The largest absolute Gasteiger partial charge is 0.454 e.